The van der Waals surface area contributed by atoms with Gasteiger partial charge in [-0.1, -0.05) is 32.0 Å². The normalized spacial score (nSPS) is 17.1. The van der Waals surface area contributed by atoms with Gasteiger partial charge in [-0.15, -0.1) is 0 Å². The Labute approximate surface area is 243 Å². The maximum Gasteiger partial charge on any atom is 0.137 e. The van der Waals surface area contributed by atoms with E-state index in [9.17, 15) is 0 Å². The highest BCUT2D eigenvalue weighted by Crippen LogP contribution is 2.33. The van der Waals surface area contributed by atoms with E-state index < -0.39 is 0 Å². The highest BCUT2D eigenvalue weighted by atomic mass is 15.2. The second-order valence-electron chi connectivity index (χ2n) is 11.2. The second kappa shape index (κ2) is 11.9. The van der Waals surface area contributed by atoms with Gasteiger partial charge in [-0.05, 0) is 100 Å². The Morgan fingerprint density at radius 1 is 0.780 bits per heavy atom. The lowest BCUT2D eigenvalue weighted by Gasteiger charge is -2.25. The van der Waals surface area contributed by atoms with Crippen molar-refractivity contribution in [3.05, 3.63) is 83.7 Å². The smallest absolute Gasteiger partial charge is 0.137 e. The number of aromatic amines is 1. The Bertz CT molecular complexity index is 1650. The number of pyridine rings is 2. The molecule has 4 aromatic heterocycles. The van der Waals surface area contributed by atoms with Crippen LogP contribution < -0.4 is 0 Å². The van der Waals surface area contributed by atoms with Crippen molar-refractivity contribution in [3.63, 3.8) is 0 Å². The third-order valence-corrected chi connectivity index (χ3v) is 8.61. The third-order valence-electron chi connectivity index (χ3n) is 8.61. The molecule has 1 aliphatic heterocycles. The van der Waals surface area contributed by atoms with Gasteiger partial charge in [0.1, 0.15) is 5.65 Å². The molecule has 1 unspecified atom stereocenters. The SMILES string of the molecule is CC.Cc1cnc(C)c(-c2ccc(-c3c[nH]c4ncc(-c5ccc6c(c5)CCC(N5CCCC5)CC6)cc34)nc2)n1. The van der Waals surface area contributed by atoms with Crippen LogP contribution in [0.15, 0.2) is 61.2 Å². The second-order valence-corrected chi connectivity index (χ2v) is 11.2. The minimum absolute atomic E-state index is 0.740. The van der Waals surface area contributed by atoms with Crippen molar-refractivity contribution in [2.24, 2.45) is 0 Å². The zero-order chi connectivity index (χ0) is 28.3. The molecular formula is C35H40N6. The first-order chi connectivity index (χ1) is 20.1. The Morgan fingerprint density at radius 3 is 2.32 bits per heavy atom. The molecule has 0 saturated carbocycles. The summed E-state index contributed by atoms with van der Waals surface area (Å²) in [7, 11) is 0. The van der Waals surface area contributed by atoms with Gasteiger partial charge in [-0.25, -0.2) is 9.97 Å². The summed E-state index contributed by atoms with van der Waals surface area (Å²) >= 11 is 0. The van der Waals surface area contributed by atoms with Gasteiger partial charge >= 0.3 is 0 Å². The van der Waals surface area contributed by atoms with Crippen molar-refractivity contribution in [1.29, 1.82) is 0 Å². The van der Waals surface area contributed by atoms with E-state index in [2.05, 4.69) is 56.3 Å². The number of nitrogens with zero attached hydrogens (tertiary/aromatic N) is 5. The monoisotopic (exact) mass is 544 g/mol. The summed E-state index contributed by atoms with van der Waals surface area (Å²) in [4.78, 5) is 24.8. The molecule has 2 aliphatic rings. The van der Waals surface area contributed by atoms with Crippen molar-refractivity contribution >= 4 is 11.0 Å². The molecule has 1 aliphatic carbocycles. The van der Waals surface area contributed by atoms with Gasteiger partial charge in [-0.2, -0.15) is 0 Å². The molecule has 1 fully saturated rings. The molecule has 6 nitrogen and oxygen atoms in total. The lowest BCUT2D eigenvalue weighted by molar-refractivity contribution is 0.222. The van der Waals surface area contributed by atoms with E-state index in [0.29, 0.717) is 0 Å². The first-order valence-corrected chi connectivity index (χ1v) is 15.2. The third kappa shape index (κ3) is 5.53. The van der Waals surface area contributed by atoms with E-state index in [0.717, 1.165) is 63.0 Å². The zero-order valence-corrected chi connectivity index (χ0v) is 24.7. The van der Waals surface area contributed by atoms with Crippen LogP contribution in [0.2, 0.25) is 0 Å². The Morgan fingerprint density at radius 2 is 1.54 bits per heavy atom. The molecule has 0 bridgehead atoms. The summed E-state index contributed by atoms with van der Waals surface area (Å²) in [5.74, 6) is 0. The van der Waals surface area contributed by atoms with E-state index in [1.807, 2.05) is 46.3 Å². The van der Waals surface area contributed by atoms with Crippen LogP contribution in [0.5, 0.6) is 0 Å². The fraction of sp³-hybridized carbons (Fsp3) is 0.371. The molecule has 0 radical (unpaired) electrons. The summed E-state index contributed by atoms with van der Waals surface area (Å²) < 4.78 is 0. The van der Waals surface area contributed by atoms with E-state index in [1.54, 1.807) is 6.20 Å². The number of rotatable bonds is 4. The van der Waals surface area contributed by atoms with Crippen molar-refractivity contribution in [3.8, 4) is 33.6 Å². The lowest BCUT2D eigenvalue weighted by atomic mass is 9.96. The molecule has 1 saturated heterocycles. The first kappa shape index (κ1) is 27.3. The number of likely N-dealkylation sites (tertiary alicyclic amines) is 1. The van der Waals surface area contributed by atoms with E-state index in [1.165, 1.54) is 61.9 Å². The van der Waals surface area contributed by atoms with Crippen LogP contribution in [0.4, 0.5) is 0 Å². The number of aryl methyl sites for hydroxylation is 4. The summed E-state index contributed by atoms with van der Waals surface area (Å²) in [5.41, 5.74) is 11.9. The summed E-state index contributed by atoms with van der Waals surface area (Å²) in [6.07, 6.45) is 15.3. The number of benzene rings is 1. The van der Waals surface area contributed by atoms with Gasteiger partial charge in [-0.3, -0.25) is 9.97 Å². The molecule has 210 valence electrons. The van der Waals surface area contributed by atoms with Crippen molar-refractivity contribution in [2.45, 2.75) is 72.3 Å². The molecule has 0 spiro atoms. The molecule has 5 aromatic rings. The number of nitrogens with one attached hydrogen (secondary N) is 1. The fourth-order valence-electron chi connectivity index (χ4n) is 6.42. The highest BCUT2D eigenvalue weighted by Gasteiger charge is 2.24. The zero-order valence-electron chi connectivity index (χ0n) is 24.7. The highest BCUT2D eigenvalue weighted by molar-refractivity contribution is 5.95. The number of hydrogen-bond acceptors (Lipinski definition) is 5. The summed E-state index contributed by atoms with van der Waals surface area (Å²) in [6, 6.07) is 14.2. The average Bonchev–Trinajstić information content (AvgIpc) is 3.66. The van der Waals surface area contributed by atoms with Crippen LogP contribution in [0, 0.1) is 13.8 Å². The Hall–Kier alpha value is -3.90. The Balaban J connectivity index is 0.00000148. The van der Waals surface area contributed by atoms with Crippen LogP contribution in [0.1, 0.15) is 62.0 Å². The van der Waals surface area contributed by atoms with E-state index >= 15 is 0 Å². The van der Waals surface area contributed by atoms with Crippen molar-refractivity contribution in [2.75, 3.05) is 13.1 Å². The van der Waals surface area contributed by atoms with Gasteiger partial charge in [0.2, 0.25) is 0 Å². The van der Waals surface area contributed by atoms with E-state index in [-0.39, 0.29) is 0 Å². The van der Waals surface area contributed by atoms with Gasteiger partial charge in [0.05, 0.1) is 22.8 Å². The average molecular weight is 545 g/mol. The van der Waals surface area contributed by atoms with Gasteiger partial charge < -0.3 is 9.88 Å². The molecule has 5 heterocycles. The largest absolute Gasteiger partial charge is 0.345 e. The summed E-state index contributed by atoms with van der Waals surface area (Å²) in [6.45, 7) is 10.5. The predicted molar refractivity (Wildman–Crippen MR) is 168 cm³/mol. The number of hydrogen-bond donors (Lipinski definition) is 1. The minimum Gasteiger partial charge on any atom is -0.345 e. The molecule has 1 aromatic carbocycles. The first-order valence-electron chi connectivity index (χ1n) is 15.2. The molecule has 1 N–H and O–H groups in total. The molecule has 6 heteroatoms. The van der Waals surface area contributed by atoms with Crippen molar-refractivity contribution < 1.29 is 0 Å². The number of H-pyrrole nitrogens is 1. The predicted octanol–water partition coefficient (Wildman–Crippen LogP) is 7.74. The van der Waals surface area contributed by atoms with Crippen LogP contribution in [0.3, 0.4) is 0 Å². The van der Waals surface area contributed by atoms with E-state index in [4.69, 9.17) is 9.97 Å². The maximum absolute atomic E-state index is 4.81. The molecule has 7 rings (SSSR count). The minimum atomic E-state index is 0.740. The molecular weight excluding hydrogens is 504 g/mol. The van der Waals surface area contributed by atoms with Gasteiger partial charge in [0.15, 0.2) is 0 Å². The summed E-state index contributed by atoms with van der Waals surface area (Å²) in [5, 5.41) is 1.09. The molecule has 41 heavy (non-hydrogen) atoms. The lowest BCUT2D eigenvalue weighted by Crippen LogP contribution is -2.32. The van der Waals surface area contributed by atoms with Crippen LogP contribution >= 0.6 is 0 Å². The molecule has 0 amide bonds. The van der Waals surface area contributed by atoms with Crippen LogP contribution in [0.25, 0.3) is 44.7 Å². The fourth-order valence-corrected chi connectivity index (χ4v) is 6.42. The quantitative estimate of drug-likeness (QED) is 0.234. The maximum atomic E-state index is 4.81. The standard InChI is InChI=1S/C33H34N6.C2H6/c1-21-17-34-22(2)32(38-21)26-9-12-31(35-18-26)30-20-37-33-29(30)16-27(19-36-33)25-6-5-23-7-10-28(11-8-24(23)15-25)39-13-3-4-14-39;1-2/h5-6,9,12,15-20,28H,3-4,7-8,10-11,13-14H2,1-2H3,(H,36,37);1-2H3. The molecule has 1 atom stereocenters. The Kier molecular flexibility index (Phi) is 7.93. The number of aromatic nitrogens is 5. The van der Waals surface area contributed by atoms with Crippen LogP contribution in [-0.2, 0) is 12.8 Å². The van der Waals surface area contributed by atoms with Crippen LogP contribution in [-0.4, -0.2) is 49.0 Å². The van der Waals surface area contributed by atoms with Crippen molar-refractivity contribution in [1.82, 2.24) is 29.8 Å². The van der Waals surface area contributed by atoms with Gasteiger partial charge in [0, 0.05) is 52.9 Å². The van der Waals surface area contributed by atoms with Gasteiger partial charge in [0.25, 0.3) is 0 Å². The number of fused-ring (bicyclic) bond motifs is 2. The topological polar surface area (TPSA) is 70.6 Å².